The van der Waals surface area contributed by atoms with Crippen molar-refractivity contribution in [2.24, 2.45) is 15.4 Å². The number of hydrogen-bond acceptors (Lipinski definition) is 5. The number of anilines is 1. The van der Waals surface area contributed by atoms with Crippen molar-refractivity contribution in [1.29, 1.82) is 0 Å². The maximum atomic E-state index is 6.42. The molecule has 0 spiro atoms. The Morgan fingerprint density at radius 3 is 2.53 bits per heavy atom. The molecular formula is C24H26ClN5. The molecular weight excluding hydrogens is 394 g/mol. The van der Waals surface area contributed by atoms with Gasteiger partial charge in [-0.3, -0.25) is 0 Å². The maximum Gasteiger partial charge on any atom is 0.139 e. The molecule has 1 aliphatic heterocycles. The van der Waals surface area contributed by atoms with Gasteiger partial charge >= 0.3 is 0 Å². The Balaban J connectivity index is 2.12. The van der Waals surface area contributed by atoms with E-state index in [2.05, 4.69) is 58.5 Å². The molecule has 0 bridgehead atoms. The van der Waals surface area contributed by atoms with Crippen LogP contribution < -0.4 is 4.90 Å². The molecule has 0 atom stereocenters. The quantitative estimate of drug-likeness (QED) is 0.459. The summed E-state index contributed by atoms with van der Waals surface area (Å²) in [6, 6.07) is 16.3. The van der Waals surface area contributed by atoms with Crippen molar-refractivity contribution in [3.05, 3.63) is 59.1 Å². The number of hydrogen-bond donors (Lipinski definition) is 0. The van der Waals surface area contributed by atoms with Crippen LogP contribution in [0.15, 0.2) is 64.0 Å². The van der Waals surface area contributed by atoms with Crippen LogP contribution in [0.2, 0.25) is 5.02 Å². The Labute approximate surface area is 182 Å². The summed E-state index contributed by atoms with van der Waals surface area (Å²) in [6.07, 6.45) is 2.88. The van der Waals surface area contributed by atoms with E-state index in [0.29, 0.717) is 5.02 Å². The second kappa shape index (κ2) is 9.35. The number of halogens is 1. The van der Waals surface area contributed by atoms with Crippen molar-refractivity contribution >= 4 is 34.0 Å². The Hall–Kier alpha value is -2.79. The first-order chi connectivity index (χ1) is 14.7. The molecule has 2 heterocycles. The van der Waals surface area contributed by atoms with Crippen molar-refractivity contribution in [3.63, 3.8) is 0 Å². The Morgan fingerprint density at radius 1 is 0.967 bits per heavy atom. The molecule has 0 unspecified atom stereocenters. The van der Waals surface area contributed by atoms with Crippen LogP contribution in [0, 0.1) is 0 Å². The van der Waals surface area contributed by atoms with Gasteiger partial charge in [0.05, 0.1) is 17.8 Å². The number of benzene rings is 2. The lowest BCUT2D eigenvalue weighted by Gasteiger charge is -2.26. The van der Waals surface area contributed by atoms with Crippen LogP contribution in [0.25, 0.3) is 22.0 Å². The lowest BCUT2D eigenvalue weighted by atomic mass is 9.91. The summed E-state index contributed by atoms with van der Waals surface area (Å²) in [6.45, 7) is 6.76. The molecule has 0 amide bonds. The van der Waals surface area contributed by atoms with E-state index in [4.69, 9.17) is 16.6 Å². The smallest absolute Gasteiger partial charge is 0.139 e. The number of pyridine rings is 1. The molecule has 0 fully saturated rings. The van der Waals surface area contributed by atoms with Crippen LogP contribution in [0.5, 0.6) is 0 Å². The average Bonchev–Trinajstić information content (AvgIpc) is 2.75. The van der Waals surface area contributed by atoms with Crippen molar-refractivity contribution in [3.8, 4) is 11.1 Å². The first-order valence-electron chi connectivity index (χ1n) is 10.6. The summed E-state index contributed by atoms with van der Waals surface area (Å²) in [5.41, 5.74) is 5.14. The fourth-order valence-corrected chi connectivity index (χ4v) is 4.15. The SMILES string of the molecule is CCN(CC)c1nc2ccc(Cl)cc2c(-c2ccccc2)c1/C1=N\N=NCCCC1. The molecule has 154 valence electrons. The number of aromatic nitrogens is 1. The Bertz CT molecular complexity index is 1090. The maximum absolute atomic E-state index is 6.42. The molecule has 0 aliphatic carbocycles. The van der Waals surface area contributed by atoms with Crippen molar-refractivity contribution in [2.75, 3.05) is 24.5 Å². The molecule has 6 heteroatoms. The van der Waals surface area contributed by atoms with Gasteiger partial charge in [0.1, 0.15) is 5.82 Å². The molecule has 5 nitrogen and oxygen atoms in total. The number of fused-ring (bicyclic) bond motifs is 1. The lowest BCUT2D eigenvalue weighted by molar-refractivity contribution is 0.721. The van der Waals surface area contributed by atoms with Crippen molar-refractivity contribution in [1.82, 2.24) is 4.98 Å². The lowest BCUT2D eigenvalue weighted by Crippen LogP contribution is -2.26. The second-order valence-corrected chi connectivity index (χ2v) is 7.78. The third kappa shape index (κ3) is 4.08. The Kier molecular flexibility index (Phi) is 6.38. The van der Waals surface area contributed by atoms with E-state index in [1.54, 1.807) is 0 Å². The van der Waals surface area contributed by atoms with E-state index in [0.717, 1.165) is 78.0 Å². The highest BCUT2D eigenvalue weighted by Gasteiger charge is 2.24. The van der Waals surface area contributed by atoms with Gasteiger partial charge in [-0.1, -0.05) is 41.9 Å². The molecule has 2 aromatic carbocycles. The molecule has 1 aromatic heterocycles. The predicted molar refractivity (Wildman–Crippen MR) is 126 cm³/mol. The highest BCUT2D eigenvalue weighted by molar-refractivity contribution is 6.31. The monoisotopic (exact) mass is 419 g/mol. The standard InChI is InChI=1S/C24H26ClN5/c1-3-30(4-2)24-23(21-12-8-9-15-26-29-28-21)22(17-10-6-5-7-11-17)19-16-18(25)13-14-20(19)27-24/h5-7,10-11,13-14,16H,3-4,8-9,12,15H2,1-2H3/b28-21-,29-26?. The minimum Gasteiger partial charge on any atom is -0.357 e. The zero-order valence-corrected chi connectivity index (χ0v) is 18.2. The minimum absolute atomic E-state index is 0.697. The van der Waals surface area contributed by atoms with Crippen LogP contribution in [-0.4, -0.2) is 30.3 Å². The summed E-state index contributed by atoms with van der Waals surface area (Å²) in [5.74, 6) is 0.947. The fraction of sp³-hybridized carbons (Fsp3) is 0.333. The van der Waals surface area contributed by atoms with Crippen LogP contribution in [-0.2, 0) is 0 Å². The van der Waals surface area contributed by atoms with Crippen molar-refractivity contribution < 1.29 is 0 Å². The van der Waals surface area contributed by atoms with Crippen LogP contribution in [0.4, 0.5) is 5.82 Å². The van der Waals surface area contributed by atoms with E-state index < -0.39 is 0 Å². The summed E-state index contributed by atoms with van der Waals surface area (Å²) >= 11 is 6.42. The molecule has 4 rings (SSSR count). The first kappa shape index (κ1) is 20.5. The van der Waals surface area contributed by atoms with Gasteiger partial charge in [-0.05, 0) is 62.1 Å². The van der Waals surface area contributed by atoms with Gasteiger partial charge in [0, 0.05) is 34.6 Å². The van der Waals surface area contributed by atoms with E-state index in [9.17, 15) is 0 Å². The summed E-state index contributed by atoms with van der Waals surface area (Å²) < 4.78 is 0. The third-order valence-electron chi connectivity index (χ3n) is 5.49. The van der Waals surface area contributed by atoms with Gasteiger partial charge in [0.15, 0.2) is 0 Å². The average molecular weight is 420 g/mol. The van der Waals surface area contributed by atoms with Crippen LogP contribution in [0.1, 0.15) is 38.7 Å². The van der Waals surface area contributed by atoms with Gasteiger partial charge < -0.3 is 4.90 Å². The number of nitrogens with zero attached hydrogens (tertiary/aromatic N) is 5. The van der Waals surface area contributed by atoms with Gasteiger partial charge in [-0.15, -0.1) is 5.10 Å². The van der Waals surface area contributed by atoms with Gasteiger partial charge in [-0.2, -0.15) is 5.11 Å². The van der Waals surface area contributed by atoms with Crippen LogP contribution in [0.3, 0.4) is 0 Å². The van der Waals surface area contributed by atoms with E-state index in [1.807, 2.05) is 24.3 Å². The van der Waals surface area contributed by atoms with Gasteiger partial charge in [0.2, 0.25) is 0 Å². The predicted octanol–water partition coefficient (Wildman–Crippen LogP) is 6.74. The largest absolute Gasteiger partial charge is 0.357 e. The molecule has 0 saturated heterocycles. The van der Waals surface area contributed by atoms with Gasteiger partial charge in [-0.25, -0.2) is 4.98 Å². The molecule has 1 aliphatic rings. The molecule has 30 heavy (non-hydrogen) atoms. The summed E-state index contributed by atoms with van der Waals surface area (Å²) in [5, 5.41) is 14.6. The minimum atomic E-state index is 0.697. The molecule has 0 saturated carbocycles. The topological polar surface area (TPSA) is 53.2 Å². The van der Waals surface area contributed by atoms with E-state index in [-0.39, 0.29) is 0 Å². The third-order valence-corrected chi connectivity index (χ3v) is 5.73. The molecule has 0 N–H and O–H groups in total. The highest BCUT2D eigenvalue weighted by atomic mass is 35.5. The van der Waals surface area contributed by atoms with Gasteiger partial charge in [0.25, 0.3) is 0 Å². The van der Waals surface area contributed by atoms with E-state index >= 15 is 0 Å². The second-order valence-electron chi connectivity index (χ2n) is 7.34. The summed E-state index contributed by atoms with van der Waals surface area (Å²) in [4.78, 5) is 7.37. The first-order valence-corrected chi connectivity index (χ1v) is 11.0. The summed E-state index contributed by atoms with van der Waals surface area (Å²) in [7, 11) is 0. The fourth-order valence-electron chi connectivity index (χ4n) is 3.98. The van der Waals surface area contributed by atoms with E-state index in [1.165, 1.54) is 0 Å². The van der Waals surface area contributed by atoms with Crippen LogP contribution >= 0.6 is 11.6 Å². The number of rotatable bonds is 5. The Morgan fingerprint density at radius 2 is 1.77 bits per heavy atom. The normalized spacial score (nSPS) is 16.0. The zero-order valence-electron chi connectivity index (χ0n) is 17.5. The molecule has 3 aromatic rings. The zero-order chi connectivity index (χ0) is 20.9. The van der Waals surface area contributed by atoms with Crippen molar-refractivity contribution in [2.45, 2.75) is 33.1 Å². The molecule has 0 radical (unpaired) electrons. The highest BCUT2D eigenvalue weighted by Crippen LogP contribution is 2.39.